The van der Waals surface area contributed by atoms with E-state index in [1.807, 2.05) is 267 Å². The van der Waals surface area contributed by atoms with Crippen molar-refractivity contribution in [2.24, 2.45) is 0 Å². The smallest absolute Gasteiger partial charge is 0.423 e. The van der Waals surface area contributed by atoms with Crippen LogP contribution in [0.25, 0.3) is 201 Å². The van der Waals surface area contributed by atoms with Crippen molar-refractivity contribution in [2.45, 2.75) is 0 Å². The molecule has 0 aliphatic heterocycles. The van der Waals surface area contributed by atoms with Crippen molar-refractivity contribution in [1.29, 1.82) is 0 Å². The van der Waals surface area contributed by atoms with E-state index in [0.717, 1.165) is 113 Å². The molecular weight excluding hydrogens is 1860 g/mol. The van der Waals surface area contributed by atoms with Crippen LogP contribution in [-0.4, -0.2) is 89.2 Å². The largest absolute Gasteiger partial charge is 0.490 e. The highest BCUT2D eigenvalue weighted by Crippen LogP contribution is 2.42. The molecule has 4 N–H and O–H groups in total. The van der Waals surface area contributed by atoms with Crippen molar-refractivity contribution in [1.82, 2.24) is 54.8 Å². The van der Waals surface area contributed by atoms with Gasteiger partial charge in [-0.05, 0) is 177 Å². The molecule has 15 nitrogen and oxygen atoms in total. The van der Waals surface area contributed by atoms with Gasteiger partial charge in [-0.25, -0.2) is 44.9 Å². The first kappa shape index (κ1) is 88.5. The maximum absolute atomic E-state index is 9.44. The predicted molar refractivity (Wildman–Crippen MR) is 561 cm³/mol. The van der Waals surface area contributed by atoms with Crippen LogP contribution in [-0.2, 0) is 0 Å². The van der Waals surface area contributed by atoms with E-state index in [2.05, 4.69) is 209 Å². The minimum atomic E-state index is -1.44. The van der Waals surface area contributed by atoms with Gasteiger partial charge < -0.3 is 20.1 Å². The van der Waals surface area contributed by atoms with E-state index in [4.69, 9.17) is 54.9 Å². The zero-order chi connectivity index (χ0) is 91.9. The van der Waals surface area contributed by atoms with Crippen molar-refractivity contribution in [2.75, 3.05) is 0 Å². The average molecular weight is 1940 g/mol. The lowest BCUT2D eigenvalue weighted by Crippen LogP contribution is -2.30. The zero-order valence-corrected chi connectivity index (χ0v) is 77.0. The topological polar surface area (TPSA) is 223 Å². The molecule has 0 amide bonds. The summed E-state index contributed by atoms with van der Waals surface area (Å²) in [5.41, 5.74) is 16.0. The van der Waals surface area contributed by atoms with Gasteiger partial charge in [0.1, 0.15) is 0 Å². The summed E-state index contributed by atoms with van der Waals surface area (Å²) in [4.78, 5) is 52.0. The summed E-state index contributed by atoms with van der Waals surface area (Å²) >= 11 is 10.8. The van der Waals surface area contributed by atoms with Gasteiger partial charge in [0, 0.05) is 99.3 Å². The van der Waals surface area contributed by atoms with Crippen LogP contribution in [0, 0.1) is 0 Å². The third-order valence-corrected chi connectivity index (χ3v) is 24.2. The number of aromatic nitrogens is 11. The fourth-order valence-electron chi connectivity index (χ4n) is 16.4. The maximum atomic E-state index is 9.44. The third kappa shape index (κ3) is 20.6. The number of rotatable bonds is 14. The van der Waals surface area contributed by atoms with E-state index in [1.54, 1.807) is 24.5 Å². The first-order valence-electron chi connectivity index (χ1n) is 43.6. The lowest BCUT2D eigenvalue weighted by Gasteiger charge is -2.15. The van der Waals surface area contributed by atoms with Crippen LogP contribution in [0.2, 0.25) is 0 Å². The standard InChI is InChI=1S/C40H26N4.C35H22BrN3.C21H13Br2N3.C14H11BO2.C5H6BNO2/c1-3-12-27(13-4-1)38-42-39(28-14-5-2-6-15-28)44-40(43-38)33-23-31(30-17-11-21-41-26-30)22-32(24-33)37-25-29-16-7-8-18-34(29)35-19-9-10-20-36(35)37;36-28-20-26(32-22-25-15-7-8-16-29(25)30-17-9-10-18-31(30)32)19-27(21-28)35-38-33(23-11-3-1-4-12-23)37-34(39-35)24-13-5-2-6-14-24;22-17-11-16(12-18(23)13-17)21-25-19(14-7-3-1-4-8-14)24-20(26-21)15-9-5-2-6-10-15;16-15(17)14-9-10-5-1-2-6-11(10)12-7-3-4-8-13(12)14;8-6(9)5-2-1-3-7-4-5/h1-26H;1-22H;1-13H;1-9,16-17H;1-4,8-9H. The molecule has 23 rings (SSSR count). The number of hydrogen-bond acceptors (Lipinski definition) is 15. The highest BCUT2D eigenvalue weighted by molar-refractivity contribution is 9.11. The molecule has 0 aliphatic carbocycles. The van der Waals surface area contributed by atoms with Crippen LogP contribution < -0.4 is 10.9 Å². The Morgan fingerprint density at radius 1 is 0.178 bits per heavy atom. The second kappa shape index (κ2) is 41.4. The van der Waals surface area contributed by atoms with Crippen LogP contribution in [0.4, 0.5) is 0 Å². The molecule has 20 heteroatoms. The molecule has 0 spiro atoms. The van der Waals surface area contributed by atoms with Gasteiger partial charge in [-0.2, -0.15) is 0 Å². The molecule has 0 unspecified atom stereocenters. The fourth-order valence-corrected chi connectivity index (χ4v) is 18.2. The number of halogens is 3. The average Bonchev–Trinajstić information content (AvgIpc) is 0.761. The van der Waals surface area contributed by atoms with E-state index in [9.17, 15) is 10.0 Å². The lowest BCUT2D eigenvalue weighted by molar-refractivity contribution is 0.424. The molecule has 0 radical (unpaired) electrons. The summed E-state index contributed by atoms with van der Waals surface area (Å²) in [5, 5.41) is 49.8. The monoisotopic (exact) mass is 1940 g/mol. The van der Waals surface area contributed by atoms with Crippen molar-refractivity contribution >= 4 is 138 Å². The van der Waals surface area contributed by atoms with Crippen molar-refractivity contribution < 1.29 is 20.1 Å². The molecule has 5 aromatic heterocycles. The highest BCUT2D eigenvalue weighted by Gasteiger charge is 2.22. The second-order valence-corrected chi connectivity index (χ2v) is 34.4. The lowest BCUT2D eigenvalue weighted by atomic mass is 9.76. The molecule has 0 atom stereocenters. The summed E-state index contributed by atoms with van der Waals surface area (Å²) in [6, 6.07) is 143. The van der Waals surface area contributed by atoms with Gasteiger partial charge in [0.2, 0.25) is 0 Å². The molecule has 0 saturated heterocycles. The SMILES string of the molecule is Brc1cc(-c2nc(-c3ccccc3)nc(-c3ccccc3)n2)cc(-c2cc3ccccc3c3ccccc23)c1.Brc1cc(Br)cc(-c2nc(-c3ccccc3)nc(-c3ccccc3)n2)c1.OB(O)c1cc2ccccc2c2ccccc12.OB(O)c1cccnc1.c1ccc(-c2nc(-c3ccccc3)nc(-c3cc(-c4cccnc4)cc(-c4cc5ccccc5c5ccccc45)c3)n2)cc1. The number of hydrogen-bond donors (Lipinski definition) is 4. The van der Waals surface area contributed by atoms with Gasteiger partial charge >= 0.3 is 14.2 Å². The summed E-state index contributed by atoms with van der Waals surface area (Å²) < 4.78 is 2.89. The summed E-state index contributed by atoms with van der Waals surface area (Å²) in [7, 11) is -2.84. The molecule has 23 aromatic rings. The first-order chi connectivity index (χ1) is 66.3. The Labute approximate surface area is 804 Å². The molecule has 0 aliphatic rings. The zero-order valence-electron chi connectivity index (χ0n) is 72.2. The van der Waals surface area contributed by atoms with Gasteiger partial charge in [0.25, 0.3) is 0 Å². The Bertz CT molecular complexity index is 7980. The number of nitrogens with zero attached hydrogens (tertiary/aromatic N) is 11. The maximum Gasteiger partial charge on any atom is 0.490 e. The summed E-state index contributed by atoms with van der Waals surface area (Å²) in [5.74, 6) is 5.79. The Morgan fingerprint density at radius 2 is 0.430 bits per heavy atom. The summed E-state index contributed by atoms with van der Waals surface area (Å²) in [6.07, 6.45) is 6.69. The van der Waals surface area contributed by atoms with Crippen molar-refractivity contribution in [3.8, 4) is 136 Å². The third-order valence-electron chi connectivity index (χ3n) is 22.8. The van der Waals surface area contributed by atoms with Crippen LogP contribution in [0.15, 0.2) is 463 Å². The number of fused-ring (bicyclic) bond motifs is 9. The second-order valence-electron chi connectivity index (χ2n) is 31.7. The molecule has 5 heterocycles. The number of benzene rings is 18. The normalized spacial score (nSPS) is 10.9. The van der Waals surface area contributed by atoms with Crippen LogP contribution >= 0.6 is 47.8 Å². The number of pyridine rings is 2. The fraction of sp³-hybridized carbons (Fsp3) is 0. The predicted octanol–water partition coefficient (Wildman–Crippen LogP) is 26.3. The Balaban J connectivity index is 0.000000117. The van der Waals surface area contributed by atoms with Gasteiger partial charge in [-0.3, -0.25) is 9.97 Å². The minimum absolute atomic E-state index is 0.414. The van der Waals surface area contributed by atoms with E-state index >= 15 is 0 Å². The van der Waals surface area contributed by atoms with Crippen LogP contribution in [0.1, 0.15) is 0 Å². The van der Waals surface area contributed by atoms with Crippen molar-refractivity contribution in [3.05, 3.63) is 463 Å². The van der Waals surface area contributed by atoms with E-state index in [-0.39, 0.29) is 0 Å². The Morgan fingerprint density at radius 3 is 0.763 bits per heavy atom. The van der Waals surface area contributed by atoms with Crippen molar-refractivity contribution in [3.63, 3.8) is 0 Å². The minimum Gasteiger partial charge on any atom is -0.423 e. The van der Waals surface area contributed by atoms with Gasteiger partial charge in [-0.15, -0.1) is 0 Å². The van der Waals surface area contributed by atoms with Gasteiger partial charge in [0.05, 0.1) is 0 Å². The van der Waals surface area contributed by atoms with E-state index in [1.165, 1.54) is 54.9 Å². The van der Waals surface area contributed by atoms with Crippen LogP contribution in [0.3, 0.4) is 0 Å². The van der Waals surface area contributed by atoms with E-state index in [0.29, 0.717) is 63.3 Å². The molecule has 18 aromatic carbocycles. The summed E-state index contributed by atoms with van der Waals surface area (Å²) in [6.45, 7) is 0. The Hall–Kier alpha value is -15.7. The van der Waals surface area contributed by atoms with Gasteiger partial charge in [0.15, 0.2) is 52.4 Å². The molecular formula is C115H78B2Br3N11O4. The quantitative estimate of drug-likeness (QED) is 0.0587. The van der Waals surface area contributed by atoms with Crippen LogP contribution in [0.5, 0.6) is 0 Å². The van der Waals surface area contributed by atoms with Gasteiger partial charge in [-0.1, -0.05) is 394 Å². The van der Waals surface area contributed by atoms with E-state index < -0.39 is 14.2 Å². The molecule has 0 saturated carbocycles. The molecule has 644 valence electrons. The molecule has 135 heavy (non-hydrogen) atoms. The molecule has 0 fully saturated rings. The molecule has 0 bridgehead atoms. The first-order valence-corrected chi connectivity index (χ1v) is 46.0. The highest BCUT2D eigenvalue weighted by atomic mass is 79.9. The Kier molecular flexibility index (Phi) is 27.1.